The van der Waals surface area contributed by atoms with Gasteiger partial charge in [0.2, 0.25) is 0 Å². The molecule has 0 heterocycles. The van der Waals surface area contributed by atoms with Gasteiger partial charge in [0.25, 0.3) is 0 Å². The van der Waals surface area contributed by atoms with E-state index in [4.69, 9.17) is 9.16 Å². The Morgan fingerprint density at radius 2 is 1.87 bits per heavy atom. The van der Waals surface area contributed by atoms with E-state index in [1.54, 1.807) is 11.8 Å². The molecule has 2 saturated carbocycles. The summed E-state index contributed by atoms with van der Waals surface area (Å²) in [7, 11) is -1.62. The summed E-state index contributed by atoms with van der Waals surface area (Å²) in [5, 5.41) is 0. The number of allylic oxidation sites excluding steroid dienone is 1. The summed E-state index contributed by atoms with van der Waals surface area (Å²) < 4.78 is 13.6. The Labute approximate surface area is 196 Å². The molecule has 4 atom stereocenters. The third-order valence-electron chi connectivity index (χ3n) is 8.02. The Kier molecular flexibility index (Phi) is 8.56. The molecule has 0 amide bonds. The van der Waals surface area contributed by atoms with Gasteiger partial charge in [-0.3, -0.25) is 0 Å². The average molecular weight is 459 g/mol. The zero-order chi connectivity index (χ0) is 22.5. The standard InChI is InChI=1S/C27H42O2SSi/c1-7-23-26(28-21(5)20-30-22-15-12-11-13-16-22)19-24-25(17-14-18-27(23,24)6)29-31(8-2,9-3)10-4/h7,11-13,15-16,24-26H,5,8-10,14,17-20H2,1-4,6H3/b23-7+/t24-,25-,26+,27+/m0/s1. The quantitative estimate of drug-likeness (QED) is 0.152. The Morgan fingerprint density at radius 1 is 1.19 bits per heavy atom. The number of thioether (sulfide) groups is 1. The van der Waals surface area contributed by atoms with Crippen molar-refractivity contribution in [3.63, 3.8) is 0 Å². The second kappa shape index (κ2) is 10.8. The van der Waals surface area contributed by atoms with E-state index >= 15 is 0 Å². The van der Waals surface area contributed by atoms with Crippen molar-refractivity contribution in [3.05, 3.63) is 54.3 Å². The van der Waals surface area contributed by atoms with Crippen LogP contribution in [0.25, 0.3) is 0 Å². The molecule has 0 bridgehead atoms. The summed E-state index contributed by atoms with van der Waals surface area (Å²) in [5.41, 5.74) is 1.68. The highest BCUT2D eigenvalue weighted by molar-refractivity contribution is 7.99. The first-order valence-corrected chi connectivity index (χ1v) is 15.8. The molecule has 0 N–H and O–H groups in total. The van der Waals surface area contributed by atoms with E-state index in [1.807, 2.05) is 0 Å². The Balaban J connectivity index is 1.70. The maximum Gasteiger partial charge on any atom is 0.192 e. The minimum Gasteiger partial charge on any atom is -0.490 e. The number of hydrogen-bond acceptors (Lipinski definition) is 3. The number of ether oxygens (including phenoxy) is 1. The fourth-order valence-electron chi connectivity index (χ4n) is 5.97. The van der Waals surface area contributed by atoms with Gasteiger partial charge in [-0.05, 0) is 73.4 Å². The molecular weight excluding hydrogens is 416 g/mol. The normalized spacial score (nSPS) is 29.7. The predicted octanol–water partition coefficient (Wildman–Crippen LogP) is 8.22. The van der Waals surface area contributed by atoms with Crippen LogP contribution in [-0.2, 0) is 9.16 Å². The van der Waals surface area contributed by atoms with Gasteiger partial charge in [-0.15, -0.1) is 11.8 Å². The average Bonchev–Trinajstić information content (AvgIpc) is 3.08. The molecule has 31 heavy (non-hydrogen) atoms. The Morgan fingerprint density at radius 3 is 2.48 bits per heavy atom. The van der Waals surface area contributed by atoms with Gasteiger partial charge in [0.05, 0.1) is 11.5 Å². The van der Waals surface area contributed by atoms with E-state index in [1.165, 1.54) is 47.9 Å². The molecule has 0 aliphatic heterocycles. The molecule has 4 heteroatoms. The topological polar surface area (TPSA) is 18.5 Å². The van der Waals surface area contributed by atoms with Crippen LogP contribution >= 0.6 is 11.8 Å². The molecule has 2 nitrogen and oxygen atoms in total. The van der Waals surface area contributed by atoms with Crippen LogP contribution in [0.5, 0.6) is 0 Å². The van der Waals surface area contributed by atoms with Gasteiger partial charge < -0.3 is 9.16 Å². The summed E-state index contributed by atoms with van der Waals surface area (Å²) in [6, 6.07) is 14.2. The monoisotopic (exact) mass is 458 g/mol. The van der Waals surface area contributed by atoms with E-state index in [9.17, 15) is 0 Å². The number of rotatable bonds is 10. The van der Waals surface area contributed by atoms with Crippen molar-refractivity contribution in [2.45, 2.75) is 95.5 Å². The van der Waals surface area contributed by atoms with Gasteiger partial charge >= 0.3 is 0 Å². The van der Waals surface area contributed by atoms with E-state index in [0.717, 1.165) is 17.9 Å². The molecule has 0 saturated heterocycles. The van der Waals surface area contributed by atoms with Gasteiger partial charge in [0.1, 0.15) is 6.10 Å². The third-order valence-corrected chi connectivity index (χ3v) is 13.8. The smallest absolute Gasteiger partial charge is 0.192 e. The zero-order valence-electron chi connectivity index (χ0n) is 20.3. The fourth-order valence-corrected chi connectivity index (χ4v) is 9.64. The van der Waals surface area contributed by atoms with Gasteiger partial charge in [-0.25, -0.2) is 0 Å². The number of benzene rings is 1. The zero-order valence-corrected chi connectivity index (χ0v) is 22.1. The van der Waals surface area contributed by atoms with Crippen molar-refractivity contribution in [3.8, 4) is 0 Å². The molecule has 2 aliphatic rings. The molecular formula is C27H42O2SSi. The van der Waals surface area contributed by atoms with Crippen LogP contribution in [0.15, 0.2) is 59.2 Å². The Hall–Kier alpha value is -0.973. The summed E-state index contributed by atoms with van der Waals surface area (Å²) in [6.07, 6.45) is 7.65. The van der Waals surface area contributed by atoms with Crippen molar-refractivity contribution in [1.29, 1.82) is 0 Å². The van der Waals surface area contributed by atoms with Gasteiger partial charge in [-0.2, -0.15) is 0 Å². The maximum atomic E-state index is 7.09. The van der Waals surface area contributed by atoms with Crippen molar-refractivity contribution < 1.29 is 9.16 Å². The van der Waals surface area contributed by atoms with E-state index < -0.39 is 8.32 Å². The van der Waals surface area contributed by atoms with Gasteiger partial charge in [0, 0.05) is 11.0 Å². The maximum absolute atomic E-state index is 7.09. The molecule has 0 aromatic heterocycles. The Bertz CT molecular complexity index is 749. The van der Waals surface area contributed by atoms with Crippen molar-refractivity contribution in [2.24, 2.45) is 11.3 Å². The largest absolute Gasteiger partial charge is 0.490 e. The van der Waals surface area contributed by atoms with E-state index in [-0.39, 0.29) is 11.5 Å². The van der Waals surface area contributed by atoms with Gasteiger partial charge in [-0.1, -0.05) is 65.0 Å². The lowest BCUT2D eigenvalue weighted by molar-refractivity contribution is 0.0215. The lowest BCUT2D eigenvalue weighted by atomic mass is 9.66. The first-order valence-electron chi connectivity index (χ1n) is 12.3. The molecule has 0 radical (unpaired) electrons. The predicted molar refractivity (Wildman–Crippen MR) is 137 cm³/mol. The van der Waals surface area contributed by atoms with E-state index in [0.29, 0.717) is 12.0 Å². The highest BCUT2D eigenvalue weighted by Crippen LogP contribution is 2.57. The van der Waals surface area contributed by atoms with Crippen molar-refractivity contribution in [1.82, 2.24) is 0 Å². The van der Waals surface area contributed by atoms with Crippen molar-refractivity contribution in [2.75, 3.05) is 5.75 Å². The molecule has 3 rings (SSSR count). The molecule has 2 aliphatic carbocycles. The van der Waals surface area contributed by atoms with Crippen LogP contribution < -0.4 is 0 Å². The molecule has 0 unspecified atom stereocenters. The lowest BCUT2D eigenvalue weighted by Crippen LogP contribution is -2.47. The summed E-state index contributed by atoms with van der Waals surface area (Å²) in [6.45, 7) is 15.9. The molecule has 2 fully saturated rings. The summed E-state index contributed by atoms with van der Waals surface area (Å²) in [4.78, 5) is 1.26. The second-order valence-electron chi connectivity index (χ2n) is 9.54. The molecule has 172 valence electrons. The minimum absolute atomic E-state index is 0.147. The summed E-state index contributed by atoms with van der Waals surface area (Å²) >= 11 is 1.80. The van der Waals surface area contributed by atoms with Crippen molar-refractivity contribution >= 4 is 20.1 Å². The summed E-state index contributed by atoms with van der Waals surface area (Å²) in [5.74, 6) is 2.25. The van der Waals surface area contributed by atoms with Crippen LogP contribution in [0.3, 0.4) is 0 Å². The SMILES string of the molecule is C=C(CSc1ccccc1)O[C@@H]1C[C@H]2[C@@H](O[Si](CC)(CC)CC)CCC[C@]2(C)/C1=C/C. The van der Waals surface area contributed by atoms with Gasteiger partial charge in [0.15, 0.2) is 8.32 Å². The lowest BCUT2D eigenvalue weighted by Gasteiger charge is -2.45. The van der Waals surface area contributed by atoms with Crippen LogP contribution in [0.1, 0.15) is 60.3 Å². The van der Waals surface area contributed by atoms with Crippen LogP contribution in [0.4, 0.5) is 0 Å². The molecule has 1 aromatic carbocycles. The number of fused-ring (bicyclic) bond motifs is 1. The molecule has 0 spiro atoms. The number of hydrogen-bond donors (Lipinski definition) is 0. The third kappa shape index (κ3) is 5.34. The minimum atomic E-state index is -1.62. The highest BCUT2D eigenvalue weighted by Gasteiger charge is 2.54. The fraction of sp³-hybridized carbons (Fsp3) is 0.630. The van der Waals surface area contributed by atoms with Crippen LogP contribution in [0.2, 0.25) is 18.1 Å². The van der Waals surface area contributed by atoms with Crippen LogP contribution in [-0.4, -0.2) is 26.3 Å². The van der Waals surface area contributed by atoms with E-state index in [2.05, 4.69) is 77.6 Å². The first-order chi connectivity index (χ1) is 14.9. The van der Waals surface area contributed by atoms with Crippen LogP contribution in [0, 0.1) is 11.3 Å². The first kappa shape index (κ1) is 24.7. The second-order valence-corrected chi connectivity index (χ2v) is 15.3. The highest BCUT2D eigenvalue weighted by atomic mass is 32.2. The molecule has 1 aromatic rings.